The van der Waals surface area contributed by atoms with Crippen LogP contribution in [0.15, 0.2) is 24.2 Å². The number of phenolic OH excluding ortho intramolecular Hbond substituents is 1. The van der Waals surface area contributed by atoms with Crippen molar-refractivity contribution in [3.05, 3.63) is 29.8 Å². The predicted molar refractivity (Wildman–Crippen MR) is 47.4 cm³/mol. The first-order chi connectivity index (χ1) is 8.92. The van der Waals surface area contributed by atoms with Crippen molar-refractivity contribution in [1.29, 1.82) is 2.86 Å². The number of nitrogens with two attached hydrogens (primary N) is 1. The van der Waals surface area contributed by atoms with E-state index in [1.165, 1.54) is 18.2 Å². The molecule has 2 atom stereocenters. The predicted octanol–water partition coefficient (Wildman–Crippen LogP) is 0.347. The number of aliphatic carboxylic acids is 1. The molecule has 1 unspecified atom stereocenters. The quantitative estimate of drug-likeness (QED) is 0.621. The molecule has 0 radical (unpaired) electrons. The highest BCUT2D eigenvalue weighted by atomic mass is 16.4. The summed E-state index contributed by atoms with van der Waals surface area (Å²) in [5.74, 6) is -1.23. The first-order valence-electron chi connectivity index (χ1n) is 6.31. The van der Waals surface area contributed by atoms with E-state index in [2.05, 4.69) is 10.2 Å². The van der Waals surface area contributed by atoms with Crippen molar-refractivity contribution < 1.29 is 20.6 Å². The molecular formula is C9H11NO3. The monoisotopic (exact) mass is 187 g/mol. The summed E-state index contributed by atoms with van der Waals surface area (Å²) >= 11 is 0. The van der Waals surface area contributed by atoms with E-state index >= 15 is 0 Å². The van der Waals surface area contributed by atoms with Crippen LogP contribution < -0.4 is 5.72 Å². The van der Waals surface area contributed by atoms with Gasteiger partial charge in [0.1, 0.15) is 14.6 Å². The summed E-state index contributed by atoms with van der Waals surface area (Å²) in [4.78, 5) is 11.3. The number of carboxylic acid groups (broad SMARTS) is 1. The normalized spacial score (nSPS) is 21.0. The summed E-state index contributed by atoms with van der Waals surface area (Å²) in [5.41, 5.74) is 0.151. The fourth-order valence-electron chi connectivity index (χ4n) is 0.777. The highest BCUT2D eigenvalue weighted by Crippen LogP contribution is 2.10. The van der Waals surface area contributed by atoms with Crippen LogP contribution in [0.25, 0.3) is 1.43 Å². The summed E-state index contributed by atoms with van der Waals surface area (Å²) in [5, 5.41) is 7.85. The molecule has 0 spiro atoms. The molecule has 0 bridgehead atoms. The van der Waals surface area contributed by atoms with Crippen LogP contribution >= 0.6 is 0 Å². The molecule has 1 aromatic rings. The molecule has 13 heavy (non-hydrogen) atoms. The third-order valence-corrected chi connectivity index (χ3v) is 1.40. The number of carboxylic acids is 1. The molecule has 0 fully saturated rings. The molecule has 0 saturated carbocycles. The molecule has 0 heterocycles. The molecule has 4 N–H and O–H groups in total. The minimum Gasteiger partial charge on any atom is -0.508 e. The molecule has 0 aliphatic rings. The highest BCUT2D eigenvalue weighted by molar-refractivity contribution is 5.73. The van der Waals surface area contributed by atoms with E-state index in [1.54, 1.807) is 0 Å². The maximum atomic E-state index is 11.3. The molecular weight excluding hydrogens is 170 g/mol. The zero-order chi connectivity index (χ0) is 14.6. The van der Waals surface area contributed by atoms with E-state index in [-0.39, 0.29) is 23.1 Å². The Balaban J connectivity index is 3.06. The molecule has 1 rings (SSSR count). The Labute approximate surface area is 84.3 Å². The van der Waals surface area contributed by atoms with E-state index in [9.17, 15) is 4.79 Å². The van der Waals surface area contributed by atoms with E-state index in [0.29, 0.717) is 0 Å². The molecule has 0 aliphatic heterocycles. The lowest BCUT2D eigenvalue weighted by molar-refractivity contribution is -0.138. The number of aromatic hydroxyl groups is 1. The van der Waals surface area contributed by atoms with Gasteiger partial charge in [-0.25, -0.2) is 0 Å². The van der Waals surface area contributed by atoms with Crippen LogP contribution in [0.5, 0.6) is 5.75 Å². The van der Waals surface area contributed by atoms with Crippen LogP contribution in [0, 0.1) is 0 Å². The third-order valence-electron chi connectivity index (χ3n) is 1.40. The van der Waals surface area contributed by atoms with Gasteiger partial charge in [-0.1, -0.05) is 12.1 Å². The number of carbonyl (C=O) groups is 1. The van der Waals surface area contributed by atoms with Gasteiger partial charge in [0.15, 0.2) is 0 Å². The van der Waals surface area contributed by atoms with Crippen LogP contribution in [0.4, 0.5) is 0 Å². The Morgan fingerprint density at radius 2 is 2.77 bits per heavy atom. The summed E-state index contributed by atoms with van der Waals surface area (Å²) in [6.07, 6.45) is -1.38. The average Bonchev–Trinajstić information content (AvgIpc) is 2.37. The minimum atomic E-state index is -1.61. The van der Waals surface area contributed by atoms with Crippen molar-refractivity contribution in [2.45, 2.75) is 12.4 Å². The first kappa shape index (κ1) is 4.11. The second-order valence-corrected chi connectivity index (χ2v) is 2.42. The molecule has 1 aromatic carbocycles. The van der Waals surface area contributed by atoms with Gasteiger partial charge in [-0.2, -0.15) is 0 Å². The van der Waals surface area contributed by atoms with Crippen molar-refractivity contribution in [2.75, 3.05) is 0 Å². The number of phenols is 1. The molecule has 4 heteroatoms. The summed E-state index contributed by atoms with van der Waals surface area (Å²) in [7, 11) is 0. The fourth-order valence-corrected chi connectivity index (χ4v) is 0.777. The topological polar surface area (TPSA) is 83.5 Å². The van der Waals surface area contributed by atoms with E-state index in [1.807, 2.05) is 0 Å². The Morgan fingerprint density at radius 1 is 1.85 bits per heavy atom. The van der Waals surface area contributed by atoms with Gasteiger partial charge in [0.25, 0.3) is 2.86 Å². The van der Waals surface area contributed by atoms with Gasteiger partial charge >= 0.3 is 5.97 Å². The highest BCUT2D eigenvalue weighted by Gasteiger charge is 2.11. The van der Waals surface area contributed by atoms with E-state index in [0.717, 1.165) is 0 Å². The van der Waals surface area contributed by atoms with Crippen molar-refractivity contribution >= 4 is 5.97 Å². The molecule has 4 nitrogen and oxygen atoms in total. The molecule has 0 saturated heterocycles. The Morgan fingerprint density at radius 3 is 3.38 bits per heavy atom. The van der Waals surface area contributed by atoms with Gasteiger partial charge in [0.05, 0.1) is 1.37 Å². The van der Waals surface area contributed by atoms with Gasteiger partial charge in [-0.3, -0.25) is 4.79 Å². The lowest BCUT2D eigenvalue weighted by Crippen LogP contribution is -2.32. The fraction of sp³-hybridized carbons (Fsp3) is 0.222. The molecule has 70 valence electrons. The molecule has 0 amide bonds. The van der Waals surface area contributed by atoms with Gasteiger partial charge in [-0.05, 0) is 24.1 Å². The van der Waals surface area contributed by atoms with E-state index in [4.69, 9.17) is 8.43 Å². The van der Waals surface area contributed by atoms with Crippen molar-refractivity contribution in [3.8, 4) is 5.75 Å². The summed E-state index contributed by atoms with van der Waals surface area (Å²) < 4.78 is 42.7. The smallest absolute Gasteiger partial charge is 0.320 e. The largest absolute Gasteiger partial charge is 0.508 e. The lowest BCUT2D eigenvalue weighted by atomic mass is 10.1. The Hall–Kier alpha value is -1.55. The van der Waals surface area contributed by atoms with Crippen molar-refractivity contribution in [2.24, 2.45) is 5.72 Å². The number of rotatable bonds is 5. The van der Waals surface area contributed by atoms with Gasteiger partial charge in [0, 0.05) is 1.37 Å². The van der Waals surface area contributed by atoms with Crippen LogP contribution in [0.2, 0.25) is 2.82 Å². The van der Waals surface area contributed by atoms with Gasteiger partial charge < -0.3 is 15.9 Å². The Bertz CT molecular complexity index is 458. The van der Waals surface area contributed by atoms with E-state index < -0.39 is 18.4 Å². The maximum Gasteiger partial charge on any atom is 0.320 e. The molecule has 0 aliphatic carbocycles. The number of hydrogen-bond acceptors (Lipinski definition) is 4. The SMILES string of the molecule is [2H]OC(=O)[C@H](C([2H])c1ccc(O[2H])c([2H])c1)N([2H])[2H]. The zero-order valence-corrected chi connectivity index (χ0v) is 6.56. The first-order valence-corrected chi connectivity index (χ1v) is 3.52. The summed E-state index contributed by atoms with van der Waals surface area (Å²) in [6, 6.07) is 2.03. The standard InChI is InChI=1S/C9H11NO3/c10-8(9(12)13)5-6-1-3-7(11)4-2-6/h1-4,8,11H,5,10H2,(H,12,13)/t8-/m0/s1/i3D,5D/hD4/t5?,8-. The second kappa shape index (κ2) is 3.91. The number of benzene rings is 1. The second-order valence-electron chi connectivity index (χ2n) is 2.42. The van der Waals surface area contributed by atoms with Crippen LogP contribution in [-0.4, -0.2) is 23.7 Å². The Kier molecular flexibility index (Phi) is 1.23. The number of hydrogen-bond donors (Lipinski definition) is 3. The van der Waals surface area contributed by atoms with Crippen LogP contribution in [-0.2, 0) is 11.2 Å². The zero-order valence-electron chi connectivity index (χ0n) is 12.6. The average molecular weight is 187 g/mol. The van der Waals surface area contributed by atoms with Crippen LogP contribution in [0.1, 0.15) is 8.30 Å². The van der Waals surface area contributed by atoms with Crippen molar-refractivity contribution in [1.82, 2.24) is 0 Å². The molecule has 0 aromatic heterocycles. The van der Waals surface area contributed by atoms with Crippen molar-refractivity contribution in [3.63, 3.8) is 0 Å². The maximum absolute atomic E-state index is 11.3. The lowest BCUT2D eigenvalue weighted by Gasteiger charge is -2.05. The van der Waals surface area contributed by atoms with Crippen LogP contribution in [0.3, 0.4) is 0 Å². The van der Waals surface area contributed by atoms with Gasteiger partial charge in [0.2, 0.25) is 0 Å². The minimum absolute atomic E-state index is 0.0208. The van der Waals surface area contributed by atoms with Gasteiger partial charge in [-0.15, -0.1) is 0 Å². The summed E-state index contributed by atoms with van der Waals surface area (Å²) in [6.45, 7) is 0. The third kappa shape index (κ3) is 2.76.